The maximum absolute atomic E-state index is 14.5. The number of halogens is 1. The SMILES string of the molecule is CC#CCCCOc1cccc(CNC(=O)c2cc(C)nn2C)c1F. The van der Waals surface area contributed by atoms with E-state index >= 15 is 0 Å². The third kappa shape index (κ3) is 5.08. The van der Waals surface area contributed by atoms with Crippen LogP contribution in [0, 0.1) is 24.6 Å². The van der Waals surface area contributed by atoms with Gasteiger partial charge in [0.1, 0.15) is 5.69 Å². The van der Waals surface area contributed by atoms with Gasteiger partial charge in [-0.05, 0) is 32.4 Å². The second kappa shape index (κ2) is 8.88. The highest BCUT2D eigenvalue weighted by atomic mass is 19.1. The molecular weight excluding hydrogens is 321 g/mol. The molecule has 0 bridgehead atoms. The molecule has 5 nitrogen and oxygen atoms in total. The summed E-state index contributed by atoms with van der Waals surface area (Å²) >= 11 is 0. The fourth-order valence-corrected chi connectivity index (χ4v) is 2.36. The molecule has 6 heteroatoms. The van der Waals surface area contributed by atoms with Crippen molar-refractivity contribution >= 4 is 5.91 Å². The van der Waals surface area contributed by atoms with Gasteiger partial charge >= 0.3 is 0 Å². The van der Waals surface area contributed by atoms with Gasteiger partial charge in [-0.25, -0.2) is 4.39 Å². The van der Waals surface area contributed by atoms with Crippen molar-refractivity contribution in [3.8, 4) is 17.6 Å². The number of benzene rings is 1. The Hall–Kier alpha value is -2.81. The molecule has 0 aliphatic heterocycles. The Morgan fingerprint density at radius 1 is 1.44 bits per heavy atom. The number of ether oxygens (including phenoxy) is 1. The van der Waals surface area contributed by atoms with Crippen molar-refractivity contribution in [1.82, 2.24) is 15.1 Å². The van der Waals surface area contributed by atoms with E-state index in [1.54, 1.807) is 38.2 Å². The molecule has 132 valence electrons. The molecule has 0 spiro atoms. The van der Waals surface area contributed by atoms with Gasteiger partial charge in [0, 0.05) is 25.6 Å². The Labute approximate surface area is 147 Å². The van der Waals surface area contributed by atoms with Crippen molar-refractivity contribution in [2.75, 3.05) is 6.61 Å². The summed E-state index contributed by atoms with van der Waals surface area (Å²) < 4.78 is 21.4. The van der Waals surface area contributed by atoms with Crippen LogP contribution in [0.4, 0.5) is 4.39 Å². The van der Waals surface area contributed by atoms with Crippen molar-refractivity contribution < 1.29 is 13.9 Å². The largest absolute Gasteiger partial charge is 0.490 e. The normalized spacial score (nSPS) is 10.1. The number of carbonyl (C=O) groups is 1. The van der Waals surface area contributed by atoms with Gasteiger partial charge in [-0.2, -0.15) is 5.10 Å². The van der Waals surface area contributed by atoms with Gasteiger partial charge in [-0.3, -0.25) is 9.48 Å². The van der Waals surface area contributed by atoms with E-state index in [4.69, 9.17) is 4.74 Å². The smallest absolute Gasteiger partial charge is 0.269 e. The minimum absolute atomic E-state index is 0.0768. The first kappa shape index (κ1) is 18.5. The van der Waals surface area contributed by atoms with Crippen LogP contribution in [0.1, 0.15) is 41.5 Å². The van der Waals surface area contributed by atoms with Crippen LogP contribution in [-0.4, -0.2) is 22.3 Å². The summed E-state index contributed by atoms with van der Waals surface area (Å²) in [5.74, 6) is 5.18. The van der Waals surface area contributed by atoms with Crippen LogP contribution in [0.3, 0.4) is 0 Å². The number of rotatable bonds is 7. The molecule has 0 unspecified atom stereocenters. The van der Waals surface area contributed by atoms with Crippen LogP contribution < -0.4 is 10.1 Å². The standard InChI is InChI=1S/C19H22FN3O2/c1-4-5-6-7-11-25-17-10-8-9-15(18(17)20)13-21-19(24)16-12-14(2)22-23(16)3/h8-10,12H,6-7,11,13H2,1-3H3,(H,21,24). The molecule has 0 saturated heterocycles. The fraction of sp³-hybridized carbons (Fsp3) is 0.368. The number of hydrogen-bond donors (Lipinski definition) is 1. The zero-order chi connectivity index (χ0) is 18.2. The molecule has 0 aliphatic rings. The van der Waals surface area contributed by atoms with Gasteiger partial charge in [0.15, 0.2) is 11.6 Å². The van der Waals surface area contributed by atoms with E-state index in [0.717, 1.165) is 18.5 Å². The van der Waals surface area contributed by atoms with Crippen molar-refractivity contribution in [3.05, 3.63) is 47.0 Å². The van der Waals surface area contributed by atoms with Crippen LogP contribution in [0.25, 0.3) is 0 Å². The van der Waals surface area contributed by atoms with E-state index in [-0.39, 0.29) is 18.2 Å². The van der Waals surface area contributed by atoms with Crippen molar-refractivity contribution in [2.24, 2.45) is 7.05 Å². The summed E-state index contributed by atoms with van der Waals surface area (Å²) in [7, 11) is 1.69. The molecule has 25 heavy (non-hydrogen) atoms. The summed E-state index contributed by atoms with van der Waals surface area (Å²) in [5, 5.41) is 6.83. The van der Waals surface area contributed by atoms with Crippen LogP contribution in [0.15, 0.2) is 24.3 Å². The molecule has 0 fully saturated rings. The van der Waals surface area contributed by atoms with Crippen LogP contribution in [0.2, 0.25) is 0 Å². The number of nitrogens with zero attached hydrogens (tertiary/aromatic N) is 2. The fourth-order valence-electron chi connectivity index (χ4n) is 2.36. The zero-order valence-electron chi connectivity index (χ0n) is 14.7. The molecule has 2 rings (SSSR count). The number of hydrogen-bond acceptors (Lipinski definition) is 3. The molecule has 1 aromatic carbocycles. The van der Waals surface area contributed by atoms with Gasteiger partial charge in [-0.1, -0.05) is 12.1 Å². The van der Waals surface area contributed by atoms with Gasteiger partial charge in [-0.15, -0.1) is 11.8 Å². The number of carbonyl (C=O) groups excluding carboxylic acids is 1. The molecule has 0 atom stereocenters. The molecular formula is C19H22FN3O2. The average Bonchev–Trinajstić information content (AvgIpc) is 2.93. The molecule has 1 N–H and O–H groups in total. The second-order valence-corrected chi connectivity index (χ2v) is 5.59. The number of nitrogens with one attached hydrogen (secondary N) is 1. The molecule has 1 amide bonds. The second-order valence-electron chi connectivity index (χ2n) is 5.59. The van der Waals surface area contributed by atoms with Crippen molar-refractivity contribution in [3.63, 3.8) is 0 Å². The first-order valence-electron chi connectivity index (χ1n) is 8.11. The van der Waals surface area contributed by atoms with Crippen LogP contribution in [0.5, 0.6) is 5.75 Å². The lowest BCUT2D eigenvalue weighted by molar-refractivity contribution is 0.0941. The predicted molar refractivity (Wildman–Crippen MR) is 93.7 cm³/mol. The Kier molecular flexibility index (Phi) is 6.58. The van der Waals surface area contributed by atoms with Crippen LogP contribution in [-0.2, 0) is 13.6 Å². The minimum Gasteiger partial charge on any atom is -0.490 e. The number of aryl methyl sites for hydroxylation is 2. The van der Waals surface area contributed by atoms with Crippen molar-refractivity contribution in [2.45, 2.75) is 33.2 Å². The lowest BCUT2D eigenvalue weighted by Crippen LogP contribution is -2.25. The Morgan fingerprint density at radius 3 is 2.92 bits per heavy atom. The molecule has 0 aliphatic carbocycles. The lowest BCUT2D eigenvalue weighted by atomic mass is 10.2. The quantitative estimate of drug-likeness (QED) is 0.621. The highest BCUT2D eigenvalue weighted by Crippen LogP contribution is 2.20. The van der Waals surface area contributed by atoms with Gasteiger partial charge < -0.3 is 10.1 Å². The third-order valence-corrected chi connectivity index (χ3v) is 3.60. The van der Waals surface area contributed by atoms with E-state index in [2.05, 4.69) is 22.3 Å². The van der Waals surface area contributed by atoms with E-state index in [1.165, 1.54) is 4.68 Å². The van der Waals surface area contributed by atoms with E-state index in [0.29, 0.717) is 17.9 Å². The maximum atomic E-state index is 14.5. The highest BCUT2D eigenvalue weighted by molar-refractivity contribution is 5.92. The summed E-state index contributed by atoms with van der Waals surface area (Å²) in [4.78, 5) is 12.2. The Morgan fingerprint density at radius 2 is 2.24 bits per heavy atom. The molecule has 1 aromatic heterocycles. The Balaban J connectivity index is 1.95. The summed E-state index contributed by atoms with van der Waals surface area (Å²) in [5.41, 5.74) is 1.56. The third-order valence-electron chi connectivity index (χ3n) is 3.60. The summed E-state index contributed by atoms with van der Waals surface area (Å²) in [6, 6.07) is 6.60. The lowest BCUT2D eigenvalue weighted by Gasteiger charge is -2.11. The predicted octanol–water partition coefficient (Wildman–Crippen LogP) is 2.98. The number of unbranched alkanes of at least 4 members (excludes halogenated alkanes) is 1. The van der Waals surface area contributed by atoms with E-state index < -0.39 is 5.82 Å². The average molecular weight is 343 g/mol. The van der Waals surface area contributed by atoms with Gasteiger partial charge in [0.05, 0.1) is 12.3 Å². The molecule has 1 heterocycles. The summed E-state index contributed by atoms with van der Waals surface area (Å²) in [6.07, 6.45) is 1.46. The van der Waals surface area contributed by atoms with Crippen molar-refractivity contribution in [1.29, 1.82) is 0 Å². The molecule has 0 radical (unpaired) electrons. The zero-order valence-corrected chi connectivity index (χ0v) is 14.7. The number of amides is 1. The monoisotopic (exact) mass is 343 g/mol. The van der Waals surface area contributed by atoms with E-state index in [9.17, 15) is 9.18 Å². The highest BCUT2D eigenvalue weighted by Gasteiger charge is 2.14. The Bertz CT molecular complexity index is 803. The van der Waals surface area contributed by atoms with Gasteiger partial charge in [0.25, 0.3) is 5.91 Å². The van der Waals surface area contributed by atoms with Gasteiger partial charge in [0.2, 0.25) is 0 Å². The number of aromatic nitrogens is 2. The first-order valence-corrected chi connectivity index (χ1v) is 8.11. The van der Waals surface area contributed by atoms with Crippen LogP contribution >= 0.6 is 0 Å². The molecule has 2 aromatic rings. The minimum atomic E-state index is -0.453. The summed E-state index contributed by atoms with van der Waals surface area (Å²) in [6.45, 7) is 4.07. The topological polar surface area (TPSA) is 56.1 Å². The van der Waals surface area contributed by atoms with E-state index in [1.807, 2.05) is 6.92 Å². The maximum Gasteiger partial charge on any atom is 0.269 e. The first-order chi connectivity index (χ1) is 12.0. The molecule has 0 saturated carbocycles.